The van der Waals surface area contributed by atoms with Crippen molar-refractivity contribution < 1.29 is 15.3 Å². The molecule has 0 aliphatic heterocycles. The topological polar surface area (TPSA) is 60.7 Å². The highest BCUT2D eigenvalue weighted by molar-refractivity contribution is 4.79. The molecule has 0 aliphatic carbocycles. The van der Waals surface area contributed by atoms with Crippen LogP contribution in [-0.2, 0) is 0 Å². The minimum Gasteiger partial charge on any atom is -0.394 e. The van der Waals surface area contributed by atoms with Gasteiger partial charge in [0.15, 0.2) is 0 Å². The average Bonchev–Trinajstić information content (AvgIpc) is 2.01. The van der Waals surface area contributed by atoms with Gasteiger partial charge >= 0.3 is 0 Å². The molecule has 86 valence electrons. The molecule has 0 unspecified atom stereocenters. The van der Waals surface area contributed by atoms with Crippen molar-refractivity contribution in [1.82, 2.24) is 0 Å². The van der Waals surface area contributed by atoms with Gasteiger partial charge in [0.25, 0.3) is 0 Å². The van der Waals surface area contributed by atoms with Gasteiger partial charge in [0.1, 0.15) is 6.10 Å². The highest BCUT2D eigenvalue weighted by Gasteiger charge is 1.93. The molecule has 0 fully saturated rings. The molecule has 3 nitrogen and oxygen atoms in total. The Morgan fingerprint density at radius 1 is 0.929 bits per heavy atom. The fourth-order valence-electron chi connectivity index (χ4n) is 0.0577. The summed E-state index contributed by atoms with van der Waals surface area (Å²) in [5.41, 5.74) is 2.33. The fourth-order valence-corrected chi connectivity index (χ4v) is 0.0577. The summed E-state index contributed by atoms with van der Waals surface area (Å²) in [4.78, 5) is 0. The second kappa shape index (κ2) is 14.9. The van der Waals surface area contributed by atoms with Gasteiger partial charge < -0.3 is 15.3 Å². The standard InChI is InChI=1S/2C4H8.C3H8O3/c2*1-4(2)3;4-1-3(6)2-5/h2*1H2,2-3H3;3-6H,1-2H2. The van der Waals surface area contributed by atoms with Crippen molar-refractivity contribution in [3.8, 4) is 0 Å². The molecule has 0 radical (unpaired) electrons. The molecular weight excluding hydrogens is 180 g/mol. The van der Waals surface area contributed by atoms with Gasteiger partial charge in [-0.05, 0) is 27.7 Å². The zero-order valence-electron chi connectivity index (χ0n) is 9.75. The van der Waals surface area contributed by atoms with Crippen molar-refractivity contribution in [3.05, 3.63) is 24.3 Å². The Kier molecular flexibility index (Phi) is 20.2. The van der Waals surface area contributed by atoms with E-state index in [0.717, 1.165) is 0 Å². The zero-order chi connectivity index (χ0) is 12.1. The zero-order valence-corrected chi connectivity index (χ0v) is 9.75. The Hall–Kier alpha value is -0.640. The van der Waals surface area contributed by atoms with E-state index in [1.54, 1.807) is 0 Å². The average molecular weight is 204 g/mol. The van der Waals surface area contributed by atoms with Crippen molar-refractivity contribution in [3.63, 3.8) is 0 Å². The van der Waals surface area contributed by atoms with E-state index < -0.39 is 6.10 Å². The highest BCUT2D eigenvalue weighted by atomic mass is 16.3. The first-order valence-electron chi connectivity index (χ1n) is 4.41. The van der Waals surface area contributed by atoms with Crippen molar-refractivity contribution in [2.75, 3.05) is 13.2 Å². The van der Waals surface area contributed by atoms with Crippen LogP contribution in [0.25, 0.3) is 0 Å². The molecule has 14 heavy (non-hydrogen) atoms. The third kappa shape index (κ3) is 108. The number of aliphatic hydroxyl groups is 3. The molecular formula is C11H24O3. The van der Waals surface area contributed by atoms with Crippen molar-refractivity contribution in [2.45, 2.75) is 33.8 Å². The number of allylic oxidation sites excluding steroid dienone is 2. The van der Waals surface area contributed by atoms with Gasteiger partial charge in [0.2, 0.25) is 0 Å². The number of hydrogen-bond donors (Lipinski definition) is 3. The maximum absolute atomic E-state index is 8.17. The summed E-state index contributed by atoms with van der Waals surface area (Å²) >= 11 is 0. The molecule has 0 heterocycles. The summed E-state index contributed by atoms with van der Waals surface area (Å²) in [6.07, 6.45) is -0.954. The van der Waals surface area contributed by atoms with E-state index in [9.17, 15) is 0 Å². The minimum absolute atomic E-state index is 0.365. The molecule has 0 atom stereocenters. The molecule has 0 amide bonds. The van der Waals surface area contributed by atoms with Crippen LogP contribution in [-0.4, -0.2) is 34.6 Å². The summed E-state index contributed by atoms with van der Waals surface area (Å²) in [6, 6.07) is 0. The second-order valence-electron chi connectivity index (χ2n) is 3.43. The first-order valence-corrected chi connectivity index (χ1v) is 4.41. The van der Waals surface area contributed by atoms with Crippen LogP contribution in [0, 0.1) is 0 Å². The van der Waals surface area contributed by atoms with Crippen LogP contribution in [0.5, 0.6) is 0 Å². The molecule has 3 N–H and O–H groups in total. The smallest absolute Gasteiger partial charge is 0.100 e. The lowest BCUT2D eigenvalue weighted by atomic mass is 10.4. The van der Waals surface area contributed by atoms with Gasteiger partial charge in [-0.15, -0.1) is 13.2 Å². The Balaban J connectivity index is -0.000000135. The van der Waals surface area contributed by atoms with Gasteiger partial charge in [-0.3, -0.25) is 0 Å². The summed E-state index contributed by atoms with van der Waals surface area (Å²) in [7, 11) is 0. The van der Waals surface area contributed by atoms with Gasteiger partial charge in [0.05, 0.1) is 13.2 Å². The largest absolute Gasteiger partial charge is 0.394 e. The number of hydrogen-bond acceptors (Lipinski definition) is 3. The molecule has 0 saturated heterocycles. The van der Waals surface area contributed by atoms with Crippen LogP contribution in [0.15, 0.2) is 24.3 Å². The van der Waals surface area contributed by atoms with Crippen molar-refractivity contribution in [2.24, 2.45) is 0 Å². The predicted molar refractivity (Wildman–Crippen MR) is 61.2 cm³/mol. The SMILES string of the molecule is C=C(C)C.C=C(C)C.OCC(O)CO. The first-order chi connectivity index (χ1) is 6.27. The Bertz CT molecular complexity index is 117. The molecule has 0 spiro atoms. The molecule has 0 aromatic carbocycles. The molecule has 0 saturated carbocycles. The lowest BCUT2D eigenvalue weighted by molar-refractivity contribution is 0.0450. The van der Waals surface area contributed by atoms with Crippen LogP contribution < -0.4 is 0 Å². The van der Waals surface area contributed by atoms with Gasteiger partial charge in [-0.25, -0.2) is 0 Å². The monoisotopic (exact) mass is 204 g/mol. The first kappa shape index (κ1) is 19.0. The maximum Gasteiger partial charge on any atom is 0.100 e. The molecule has 0 bridgehead atoms. The van der Waals surface area contributed by atoms with E-state index in [2.05, 4.69) is 13.2 Å². The van der Waals surface area contributed by atoms with Crippen LogP contribution in [0.4, 0.5) is 0 Å². The maximum atomic E-state index is 8.17. The van der Waals surface area contributed by atoms with Crippen LogP contribution in [0.2, 0.25) is 0 Å². The normalized spacial score (nSPS) is 8.00. The number of aliphatic hydroxyl groups excluding tert-OH is 3. The lowest BCUT2D eigenvalue weighted by Gasteiger charge is -1.96. The summed E-state index contributed by atoms with van der Waals surface area (Å²) in [6.45, 7) is 14.3. The van der Waals surface area contributed by atoms with Crippen LogP contribution in [0.3, 0.4) is 0 Å². The van der Waals surface area contributed by atoms with Gasteiger partial charge in [-0.1, -0.05) is 11.1 Å². The van der Waals surface area contributed by atoms with Crippen molar-refractivity contribution in [1.29, 1.82) is 0 Å². The lowest BCUT2D eigenvalue weighted by Crippen LogP contribution is -2.15. The quantitative estimate of drug-likeness (QED) is 0.597. The summed E-state index contributed by atoms with van der Waals surface area (Å²) in [5, 5.41) is 24.0. The predicted octanol–water partition coefficient (Wildman–Crippen LogP) is 1.50. The third-order valence-electron chi connectivity index (χ3n) is 0.421. The van der Waals surface area contributed by atoms with E-state index in [1.165, 1.54) is 11.1 Å². The van der Waals surface area contributed by atoms with E-state index in [1.807, 2.05) is 27.7 Å². The van der Waals surface area contributed by atoms with E-state index in [4.69, 9.17) is 15.3 Å². The Morgan fingerprint density at radius 2 is 1.07 bits per heavy atom. The van der Waals surface area contributed by atoms with Gasteiger partial charge in [0, 0.05) is 0 Å². The van der Waals surface area contributed by atoms with E-state index in [0.29, 0.717) is 0 Å². The van der Waals surface area contributed by atoms with E-state index in [-0.39, 0.29) is 13.2 Å². The third-order valence-corrected chi connectivity index (χ3v) is 0.421. The van der Waals surface area contributed by atoms with Crippen LogP contribution in [0.1, 0.15) is 27.7 Å². The Labute approximate surface area is 87.4 Å². The van der Waals surface area contributed by atoms with Crippen molar-refractivity contribution >= 4 is 0 Å². The van der Waals surface area contributed by atoms with Crippen LogP contribution >= 0.6 is 0 Å². The second-order valence-corrected chi connectivity index (χ2v) is 3.43. The summed E-state index contributed by atoms with van der Waals surface area (Å²) in [5.74, 6) is 0. The minimum atomic E-state index is -0.954. The van der Waals surface area contributed by atoms with Gasteiger partial charge in [-0.2, -0.15) is 0 Å². The molecule has 0 aliphatic rings. The number of rotatable bonds is 2. The molecule has 3 heteroatoms. The molecule has 0 aromatic rings. The summed E-state index contributed by atoms with van der Waals surface area (Å²) < 4.78 is 0. The highest BCUT2D eigenvalue weighted by Crippen LogP contribution is 1.74. The molecule has 0 aromatic heterocycles. The fraction of sp³-hybridized carbons (Fsp3) is 0.636. The molecule has 0 rings (SSSR count). The van der Waals surface area contributed by atoms with E-state index >= 15 is 0 Å². The Morgan fingerprint density at radius 3 is 1.07 bits per heavy atom.